The van der Waals surface area contributed by atoms with Gasteiger partial charge in [-0.3, -0.25) is 4.79 Å². The molecule has 116 valence electrons. The van der Waals surface area contributed by atoms with Crippen molar-refractivity contribution >= 4 is 5.97 Å². The Bertz CT molecular complexity index is 693. The summed E-state index contributed by atoms with van der Waals surface area (Å²) in [5.74, 6) is -0.631. The highest BCUT2D eigenvalue weighted by Gasteiger charge is 2.30. The first-order valence-electron chi connectivity index (χ1n) is 6.37. The van der Waals surface area contributed by atoms with Crippen LogP contribution in [0.25, 0.3) is 11.1 Å². The zero-order valence-corrected chi connectivity index (χ0v) is 11.6. The largest absolute Gasteiger partial charge is 0.496 e. The summed E-state index contributed by atoms with van der Waals surface area (Å²) in [5, 5.41) is 8.83. The summed E-state index contributed by atoms with van der Waals surface area (Å²) < 4.78 is 43.6. The first-order valence-corrected chi connectivity index (χ1v) is 6.37. The van der Waals surface area contributed by atoms with E-state index in [-0.39, 0.29) is 6.42 Å². The Hall–Kier alpha value is -2.50. The SMILES string of the molecule is COc1ccc(CC(=O)O)cc1-c1cccc(C(F)(F)F)c1. The highest BCUT2D eigenvalue weighted by Crippen LogP contribution is 2.35. The van der Waals surface area contributed by atoms with E-state index in [1.807, 2.05) is 0 Å². The van der Waals surface area contributed by atoms with Gasteiger partial charge in [-0.15, -0.1) is 0 Å². The van der Waals surface area contributed by atoms with Crippen LogP contribution in [0, 0.1) is 0 Å². The predicted molar refractivity (Wildman–Crippen MR) is 74.8 cm³/mol. The zero-order valence-electron chi connectivity index (χ0n) is 11.6. The number of alkyl halides is 3. The summed E-state index contributed by atoms with van der Waals surface area (Å²) in [6.45, 7) is 0. The van der Waals surface area contributed by atoms with Crippen LogP contribution in [0.1, 0.15) is 11.1 Å². The molecule has 0 saturated heterocycles. The third-order valence-corrected chi connectivity index (χ3v) is 3.12. The fourth-order valence-electron chi connectivity index (χ4n) is 2.13. The number of rotatable bonds is 4. The Kier molecular flexibility index (Phi) is 4.40. The van der Waals surface area contributed by atoms with Gasteiger partial charge in [0.25, 0.3) is 0 Å². The van der Waals surface area contributed by atoms with Gasteiger partial charge in [-0.25, -0.2) is 0 Å². The van der Waals surface area contributed by atoms with Crippen molar-refractivity contribution in [2.45, 2.75) is 12.6 Å². The second kappa shape index (κ2) is 6.09. The molecule has 3 nitrogen and oxygen atoms in total. The van der Waals surface area contributed by atoms with E-state index in [9.17, 15) is 18.0 Å². The number of halogens is 3. The molecule has 0 amide bonds. The molecule has 0 aliphatic rings. The van der Waals surface area contributed by atoms with Crippen LogP contribution >= 0.6 is 0 Å². The van der Waals surface area contributed by atoms with Gasteiger partial charge >= 0.3 is 12.1 Å². The Morgan fingerprint density at radius 1 is 1.18 bits per heavy atom. The minimum atomic E-state index is -4.44. The molecule has 22 heavy (non-hydrogen) atoms. The first kappa shape index (κ1) is 15.9. The molecule has 0 aromatic heterocycles. The molecule has 0 spiro atoms. The molecule has 2 rings (SSSR count). The summed E-state index contributed by atoms with van der Waals surface area (Å²) in [7, 11) is 1.41. The van der Waals surface area contributed by atoms with Crippen LogP contribution in [-0.4, -0.2) is 18.2 Å². The van der Waals surface area contributed by atoms with Crippen LogP contribution in [-0.2, 0) is 17.4 Å². The van der Waals surface area contributed by atoms with Crippen molar-refractivity contribution < 1.29 is 27.8 Å². The third kappa shape index (κ3) is 3.58. The Morgan fingerprint density at radius 3 is 2.50 bits per heavy atom. The maximum Gasteiger partial charge on any atom is 0.416 e. The predicted octanol–water partition coefficient (Wildman–Crippen LogP) is 4.01. The van der Waals surface area contributed by atoms with Crippen molar-refractivity contribution in [1.82, 2.24) is 0 Å². The Labute approximate surface area is 125 Å². The lowest BCUT2D eigenvalue weighted by Gasteiger charge is -2.13. The maximum atomic E-state index is 12.8. The summed E-state index contributed by atoms with van der Waals surface area (Å²) in [5.41, 5.74) is 0.461. The normalized spacial score (nSPS) is 11.3. The highest BCUT2D eigenvalue weighted by molar-refractivity contribution is 5.75. The van der Waals surface area contributed by atoms with E-state index < -0.39 is 17.7 Å². The van der Waals surface area contributed by atoms with Crippen LogP contribution in [0.5, 0.6) is 5.75 Å². The van der Waals surface area contributed by atoms with Gasteiger partial charge in [-0.1, -0.05) is 18.2 Å². The number of ether oxygens (including phenoxy) is 1. The van der Waals surface area contributed by atoms with Crippen molar-refractivity contribution in [2.75, 3.05) is 7.11 Å². The van der Waals surface area contributed by atoms with E-state index in [1.54, 1.807) is 12.1 Å². The van der Waals surface area contributed by atoms with Gasteiger partial charge in [0.15, 0.2) is 0 Å². The molecule has 0 atom stereocenters. The zero-order chi connectivity index (χ0) is 16.3. The lowest BCUT2D eigenvalue weighted by molar-refractivity contribution is -0.138. The summed E-state index contributed by atoms with van der Waals surface area (Å²) in [4.78, 5) is 10.8. The number of aliphatic carboxylic acids is 1. The molecule has 1 N–H and O–H groups in total. The van der Waals surface area contributed by atoms with Crippen molar-refractivity contribution in [3.8, 4) is 16.9 Å². The van der Waals surface area contributed by atoms with E-state index in [0.29, 0.717) is 22.4 Å². The highest BCUT2D eigenvalue weighted by atomic mass is 19.4. The van der Waals surface area contributed by atoms with Gasteiger partial charge < -0.3 is 9.84 Å². The number of hydrogen-bond donors (Lipinski definition) is 1. The molecular formula is C16H13F3O3. The number of hydrogen-bond acceptors (Lipinski definition) is 2. The van der Waals surface area contributed by atoms with Crippen LogP contribution in [0.3, 0.4) is 0 Å². The molecule has 0 radical (unpaired) electrons. The minimum absolute atomic E-state index is 0.212. The maximum absolute atomic E-state index is 12.8. The Morgan fingerprint density at radius 2 is 1.91 bits per heavy atom. The van der Waals surface area contributed by atoms with E-state index in [1.165, 1.54) is 25.3 Å². The van der Waals surface area contributed by atoms with Crippen LogP contribution in [0.15, 0.2) is 42.5 Å². The summed E-state index contributed by atoms with van der Waals surface area (Å²) in [6.07, 6.45) is -4.65. The second-order valence-electron chi connectivity index (χ2n) is 4.68. The van der Waals surface area contributed by atoms with Crippen molar-refractivity contribution in [1.29, 1.82) is 0 Å². The van der Waals surface area contributed by atoms with Crippen LogP contribution in [0.2, 0.25) is 0 Å². The summed E-state index contributed by atoms with van der Waals surface area (Å²) in [6, 6.07) is 9.49. The smallest absolute Gasteiger partial charge is 0.416 e. The van der Waals surface area contributed by atoms with Crippen molar-refractivity contribution in [3.05, 3.63) is 53.6 Å². The molecule has 2 aromatic carbocycles. The fraction of sp³-hybridized carbons (Fsp3) is 0.188. The van der Waals surface area contributed by atoms with Gasteiger partial charge in [0.1, 0.15) is 5.75 Å². The molecular weight excluding hydrogens is 297 g/mol. The number of carboxylic acids is 1. The molecule has 0 unspecified atom stereocenters. The molecule has 0 bridgehead atoms. The average molecular weight is 310 g/mol. The van der Waals surface area contributed by atoms with Crippen LogP contribution in [0.4, 0.5) is 13.2 Å². The molecule has 0 aliphatic carbocycles. The average Bonchev–Trinajstić information content (AvgIpc) is 2.46. The number of benzene rings is 2. The quantitative estimate of drug-likeness (QED) is 0.928. The number of methoxy groups -OCH3 is 1. The topological polar surface area (TPSA) is 46.5 Å². The number of carbonyl (C=O) groups is 1. The van der Waals surface area contributed by atoms with E-state index in [0.717, 1.165) is 12.1 Å². The second-order valence-corrected chi connectivity index (χ2v) is 4.68. The fourth-order valence-corrected chi connectivity index (χ4v) is 2.13. The van der Waals surface area contributed by atoms with Gasteiger partial charge in [-0.05, 0) is 35.4 Å². The summed E-state index contributed by atoms with van der Waals surface area (Å²) >= 11 is 0. The molecule has 6 heteroatoms. The lowest BCUT2D eigenvalue weighted by Crippen LogP contribution is -2.05. The van der Waals surface area contributed by atoms with Gasteiger partial charge in [0, 0.05) is 5.56 Å². The van der Waals surface area contributed by atoms with Gasteiger partial charge in [-0.2, -0.15) is 13.2 Å². The first-order chi connectivity index (χ1) is 10.3. The molecule has 0 heterocycles. The Balaban J connectivity index is 2.52. The minimum Gasteiger partial charge on any atom is -0.496 e. The van der Waals surface area contributed by atoms with E-state index >= 15 is 0 Å². The monoisotopic (exact) mass is 310 g/mol. The lowest BCUT2D eigenvalue weighted by atomic mass is 9.99. The van der Waals surface area contributed by atoms with Crippen LogP contribution < -0.4 is 4.74 Å². The third-order valence-electron chi connectivity index (χ3n) is 3.12. The van der Waals surface area contributed by atoms with Gasteiger partial charge in [0.2, 0.25) is 0 Å². The molecule has 0 fully saturated rings. The van der Waals surface area contributed by atoms with Crippen molar-refractivity contribution in [3.63, 3.8) is 0 Å². The van der Waals surface area contributed by atoms with Gasteiger partial charge in [0.05, 0.1) is 19.1 Å². The molecule has 0 aliphatic heterocycles. The molecule has 2 aromatic rings. The standard InChI is InChI=1S/C16H13F3O3/c1-22-14-6-5-10(8-15(20)21)7-13(14)11-3-2-4-12(9-11)16(17,18)19/h2-7,9H,8H2,1H3,(H,20,21). The van der Waals surface area contributed by atoms with E-state index in [2.05, 4.69) is 0 Å². The van der Waals surface area contributed by atoms with E-state index in [4.69, 9.17) is 9.84 Å². The van der Waals surface area contributed by atoms with Crippen molar-refractivity contribution in [2.24, 2.45) is 0 Å². The number of carboxylic acid groups (broad SMARTS) is 1. The molecule has 0 saturated carbocycles.